The van der Waals surface area contributed by atoms with Gasteiger partial charge in [-0.1, -0.05) is 41.4 Å². The molecule has 0 aliphatic heterocycles. The maximum absolute atomic E-state index is 12.9. The number of fused-ring (bicyclic) bond motifs is 1. The van der Waals surface area contributed by atoms with E-state index in [9.17, 15) is 24.2 Å². The van der Waals surface area contributed by atoms with Crippen LogP contribution in [-0.4, -0.2) is 22.6 Å². The molecule has 152 valence electrons. The van der Waals surface area contributed by atoms with Crippen molar-refractivity contribution in [3.8, 4) is 0 Å². The highest BCUT2D eigenvalue weighted by molar-refractivity contribution is 9.10. The van der Waals surface area contributed by atoms with E-state index >= 15 is 0 Å². The van der Waals surface area contributed by atoms with Crippen LogP contribution in [-0.2, 0) is 6.42 Å². The van der Waals surface area contributed by atoms with Gasteiger partial charge in [-0.15, -0.1) is 0 Å². The number of aromatic amines is 1. The summed E-state index contributed by atoms with van der Waals surface area (Å²) in [5.41, 5.74) is 0.764. The number of carboxylic acids is 1. The molecule has 4 nitrogen and oxygen atoms in total. The van der Waals surface area contributed by atoms with E-state index in [0.717, 1.165) is 20.9 Å². The van der Waals surface area contributed by atoms with E-state index < -0.39 is 26.7 Å². The predicted octanol–water partition coefficient (Wildman–Crippen LogP) is 6.94. The van der Waals surface area contributed by atoms with Crippen molar-refractivity contribution in [2.45, 2.75) is 11.3 Å². The van der Waals surface area contributed by atoms with Gasteiger partial charge in [-0.25, -0.2) is 4.79 Å². The van der Waals surface area contributed by atoms with E-state index in [4.69, 9.17) is 5.11 Å². The van der Waals surface area contributed by atoms with Gasteiger partial charge in [-0.3, -0.25) is 0 Å². The Bertz CT molecular complexity index is 1080. The zero-order chi connectivity index (χ0) is 20.8. The number of hydrogen-bond acceptors (Lipinski definition) is 2. The maximum Gasteiger partial charge on any atom is 0.337 e. The predicted molar refractivity (Wildman–Crippen MR) is 103 cm³/mol. The van der Waals surface area contributed by atoms with E-state index in [1.54, 1.807) is 6.20 Å². The lowest BCUT2D eigenvalue weighted by Gasteiger charge is -2.40. The molecule has 11 heteroatoms. The monoisotopic (exact) mass is 484 g/mol. The number of anilines is 1. The Morgan fingerprint density at radius 1 is 1.11 bits per heavy atom. The number of rotatable bonds is 6. The molecule has 28 heavy (non-hydrogen) atoms. The SMILES string of the molecule is O=C(O)c1cc(S(F)(F)(F)(F)F)ccc1NCCc1c[nH]c2cc(Br)ccc12. The summed E-state index contributed by atoms with van der Waals surface area (Å²) in [6.07, 6.45) is 2.21. The van der Waals surface area contributed by atoms with Crippen molar-refractivity contribution in [1.29, 1.82) is 0 Å². The number of H-pyrrole nitrogens is 1. The molecule has 0 unspecified atom stereocenters. The lowest BCUT2D eigenvalue weighted by molar-refractivity contribution is 0.0697. The molecule has 3 rings (SSSR count). The summed E-state index contributed by atoms with van der Waals surface area (Å²) in [6, 6.07) is 6.50. The van der Waals surface area contributed by atoms with E-state index in [-0.39, 0.29) is 24.4 Å². The number of benzene rings is 2. The summed E-state index contributed by atoms with van der Waals surface area (Å²) >= 11 is 3.35. The van der Waals surface area contributed by atoms with Crippen molar-refractivity contribution in [3.63, 3.8) is 0 Å². The van der Waals surface area contributed by atoms with Crippen LogP contribution in [0.25, 0.3) is 10.9 Å². The molecule has 0 atom stereocenters. The van der Waals surface area contributed by atoms with Gasteiger partial charge in [0.15, 0.2) is 0 Å². The lowest BCUT2D eigenvalue weighted by atomic mass is 10.1. The molecule has 0 aliphatic carbocycles. The molecule has 2 aromatic carbocycles. The molecular formula is C17H14BrF5N2O2S. The first kappa shape index (κ1) is 20.5. The second-order valence-electron chi connectivity index (χ2n) is 6.16. The Kier molecular flexibility index (Phi) is 4.47. The third-order valence-corrected chi connectivity index (χ3v) is 5.74. The van der Waals surface area contributed by atoms with Crippen LogP contribution in [0.2, 0.25) is 0 Å². The van der Waals surface area contributed by atoms with Crippen LogP contribution in [0.4, 0.5) is 25.1 Å². The van der Waals surface area contributed by atoms with Gasteiger partial charge in [0.05, 0.1) is 5.56 Å². The smallest absolute Gasteiger partial charge is 0.337 e. The van der Waals surface area contributed by atoms with Crippen molar-refractivity contribution in [2.75, 3.05) is 11.9 Å². The number of halogens is 6. The summed E-state index contributed by atoms with van der Waals surface area (Å²) in [5.74, 6) is -1.73. The Labute approximate surface area is 164 Å². The summed E-state index contributed by atoms with van der Waals surface area (Å²) < 4.78 is 65.5. The Hall–Kier alpha value is -2.27. The first-order valence-corrected chi connectivity index (χ1v) is 10.6. The molecule has 0 bridgehead atoms. The van der Waals surface area contributed by atoms with Gasteiger partial charge in [-0.05, 0) is 42.3 Å². The third-order valence-electron chi connectivity index (χ3n) is 4.11. The van der Waals surface area contributed by atoms with Gasteiger partial charge >= 0.3 is 16.2 Å². The van der Waals surface area contributed by atoms with Gasteiger partial charge < -0.3 is 15.4 Å². The van der Waals surface area contributed by atoms with Gasteiger partial charge in [0.25, 0.3) is 0 Å². The van der Waals surface area contributed by atoms with Crippen LogP contribution in [0.3, 0.4) is 0 Å². The minimum atomic E-state index is -9.96. The topological polar surface area (TPSA) is 65.1 Å². The van der Waals surface area contributed by atoms with Gasteiger partial charge in [0.2, 0.25) is 0 Å². The molecule has 1 heterocycles. The standard InChI is InChI=1S/C17H14BrF5N2O2S/c18-11-1-3-13-10(9-25-16(13)7-11)5-6-24-15-4-2-12(8-14(15)17(26)27)28(19,20,21,22)23/h1-4,7-9,24-25H,5-6H2,(H,26,27). The Morgan fingerprint density at radius 2 is 1.82 bits per heavy atom. The molecule has 0 aliphatic rings. The largest absolute Gasteiger partial charge is 0.478 e. The average molecular weight is 485 g/mol. The Morgan fingerprint density at radius 3 is 2.46 bits per heavy atom. The Balaban J connectivity index is 1.81. The first-order valence-electron chi connectivity index (χ1n) is 7.85. The highest BCUT2D eigenvalue weighted by atomic mass is 79.9. The molecule has 0 fully saturated rings. The van der Waals surface area contributed by atoms with Crippen molar-refractivity contribution in [1.82, 2.24) is 4.98 Å². The number of nitrogens with one attached hydrogen (secondary N) is 2. The highest BCUT2D eigenvalue weighted by Crippen LogP contribution is 3.02. The lowest BCUT2D eigenvalue weighted by Crippen LogP contribution is -2.12. The zero-order valence-corrected chi connectivity index (χ0v) is 16.4. The number of hydrogen-bond donors (Lipinski definition) is 3. The van der Waals surface area contributed by atoms with Crippen molar-refractivity contribution in [3.05, 3.63) is 58.2 Å². The second-order valence-corrected chi connectivity index (χ2v) is 9.49. The van der Waals surface area contributed by atoms with Crippen LogP contribution in [0.15, 0.2) is 52.0 Å². The minimum absolute atomic E-state index is 0.0323. The van der Waals surface area contributed by atoms with Crippen LogP contribution < -0.4 is 5.32 Å². The normalized spacial score (nSPS) is 14.5. The van der Waals surface area contributed by atoms with Gasteiger partial charge in [-0.2, -0.15) is 0 Å². The molecule has 0 radical (unpaired) electrons. The van der Waals surface area contributed by atoms with Crippen LogP contribution in [0.5, 0.6) is 0 Å². The average Bonchev–Trinajstić information content (AvgIpc) is 2.94. The summed E-state index contributed by atoms with van der Waals surface area (Å²) in [4.78, 5) is 12.1. The van der Waals surface area contributed by atoms with E-state index in [1.165, 1.54) is 0 Å². The fourth-order valence-corrected chi connectivity index (χ4v) is 3.82. The van der Waals surface area contributed by atoms with Crippen molar-refractivity contribution >= 4 is 48.7 Å². The molecule has 0 amide bonds. The summed E-state index contributed by atoms with van der Waals surface area (Å²) in [5, 5.41) is 12.8. The van der Waals surface area contributed by atoms with Crippen LogP contribution in [0.1, 0.15) is 15.9 Å². The molecule has 3 N–H and O–H groups in total. The van der Waals surface area contributed by atoms with Gasteiger partial charge in [0.1, 0.15) is 4.90 Å². The number of aromatic nitrogens is 1. The molecule has 0 saturated carbocycles. The van der Waals surface area contributed by atoms with Gasteiger partial charge in [0, 0.05) is 33.8 Å². The first-order chi connectivity index (χ1) is 12.7. The summed E-state index contributed by atoms with van der Waals surface area (Å²) in [6.45, 7) is 0.194. The fraction of sp³-hybridized carbons (Fsp3) is 0.118. The molecular weight excluding hydrogens is 471 g/mol. The fourth-order valence-electron chi connectivity index (χ4n) is 2.79. The van der Waals surface area contributed by atoms with Crippen LogP contribution in [0, 0.1) is 0 Å². The number of aromatic carboxylic acids is 1. The van der Waals surface area contributed by atoms with Crippen molar-refractivity contribution in [2.24, 2.45) is 0 Å². The maximum atomic E-state index is 12.9. The number of carbonyl (C=O) groups is 1. The van der Waals surface area contributed by atoms with E-state index in [1.807, 2.05) is 18.2 Å². The highest BCUT2D eigenvalue weighted by Gasteiger charge is 2.65. The quantitative estimate of drug-likeness (QED) is 0.332. The minimum Gasteiger partial charge on any atom is -0.478 e. The molecule has 3 aromatic rings. The van der Waals surface area contributed by atoms with E-state index in [2.05, 4.69) is 26.2 Å². The third kappa shape index (κ3) is 4.41. The van der Waals surface area contributed by atoms with Crippen LogP contribution >= 0.6 is 26.2 Å². The molecule has 0 spiro atoms. The molecule has 0 saturated heterocycles. The number of carboxylic acid groups (broad SMARTS) is 1. The second kappa shape index (κ2) is 6.11. The van der Waals surface area contributed by atoms with E-state index in [0.29, 0.717) is 12.5 Å². The van der Waals surface area contributed by atoms with Crippen molar-refractivity contribution < 1.29 is 29.3 Å². The zero-order valence-electron chi connectivity index (χ0n) is 14.0. The molecule has 1 aromatic heterocycles. The summed E-state index contributed by atoms with van der Waals surface area (Å²) in [7, 11) is -9.96.